The normalized spacial score (nSPS) is 10.4. The first kappa shape index (κ1) is 12.6. The molecule has 0 bridgehead atoms. The molecule has 0 aliphatic carbocycles. The second-order valence-corrected chi connectivity index (χ2v) is 4.82. The molecule has 0 spiro atoms. The maximum Gasteiger partial charge on any atom is 0.0965 e. The standard InChI is InChI=1S/C16H12ClN3/c17-13-3-1-2-12(10-13)16-15(19-8-9-20-16)11-4-6-14(18)7-5-11/h1-10H,18H2. The minimum Gasteiger partial charge on any atom is -0.399 e. The van der Waals surface area contributed by atoms with E-state index in [0.717, 1.165) is 28.2 Å². The van der Waals surface area contributed by atoms with Crippen molar-refractivity contribution in [3.8, 4) is 22.5 Å². The second-order valence-electron chi connectivity index (χ2n) is 4.39. The van der Waals surface area contributed by atoms with E-state index in [4.69, 9.17) is 17.3 Å². The molecule has 0 radical (unpaired) electrons. The molecule has 1 aromatic heterocycles. The molecule has 0 aliphatic rings. The van der Waals surface area contributed by atoms with Crippen LogP contribution in [0.3, 0.4) is 0 Å². The molecule has 0 saturated heterocycles. The van der Waals surface area contributed by atoms with E-state index in [1.807, 2.05) is 48.5 Å². The molecule has 2 N–H and O–H groups in total. The first-order chi connectivity index (χ1) is 9.74. The zero-order chi connectivity index (χ0) is 13.9. The maximum absolute atomic E-state index is 6.05. The Morgan fingerprint density at radius 1 is 0.800 bits per heavy atom. The molecule has 98 valence electrons. The van der Waals surface area contributed by atoms with Crippen molar-refractivity contribution in [2.75, 3.05) is 5.73 Å². The molecule has 0 unspecified atom stereocenters. The van der Waals surface area contributed by atoms with Gasteiger partial charge in [-0.1, -0.05) is 35.9 Å². The topological polar surface area (TPSA) is 51.8 Å². The Hall–Kier alpha value is -2.39. The van der Waals surface area contributed by atoms with Gasteiger partial charge in [0.15, 0.2) is 0 Å². The largest absolute Gasteiger partial charge is 0.399 e. The van der Waals surface area contributed by atoms with Crippen LogP contribution in [0.1, 0.15) is 0 Å². The molecule has 3 nitrogen and oxygen atoms in total. The van der Waals surface area contributed by atoms with Crippen molar-refractivity contribution in [3.63, 3.8) is 0 Å². The van der Waals surface area contributed by atoms with E-state index < -0.39 is 0 Å². The number of nitrogens with zero attached hydrogens (tertiary/aromatic N) is 2. The summed E-state index contributed by atoms with van der Waals surface area (Å²) in [6.07, 6.45) is 3.36. The van der Waals surface area contributed by atoms with E-state index in [1.165, 1.54) is 0 Å². The van der Waals surface area contributed by atoms with Crippen LogP contribution in [0.25, 0.3) is 22.5 Å². The van der Waals surface area contributed by atoms with E-state index in [0.29, 0.717) is 5.02 Å². The van der Waals surface area contributed by atoms with Crippen LogP contribution < -0.4 is 5.73 Å². The van der Waals surface area contributed by atoms with E-state index in [-0.39, 0.29) is 0 Å². The summed E-state index contributed by atoms with van der Waals surface area (Å²) in [7, 11) is 0. The number of halogens is 1. The van der Waals surface area contributed by atoms with Gasteiger partial charge in [-0.2, -0.15) is 0 Å². The van der Waals surface area contributed by atoms with Crippen LogP contribution in [0.4, 0.5) is 5.69 Å². The Bertz CT molecular complexity index is 739. The van der Waals surface area contributed by atoms with Gasteiger partial charge in [0.1, 0.15) is 0 Å². The van der Waals surface area contributed by atoms with E-state index in [2.05, 4.69) is 9.97 Å². The van der Waals surface area contributed by atoms with Crippen molar-refractivity contribution in [1.29, 1.82) is 0 Å². The molecule has 3 aromatic rings. The number of rotatable bonds is 2. The summed E-state index contributed by atoms with van der Waals surface area (Å²) >= 11 is 6.05. The maximum atomic E-state index is 6.05. The highest BCUT2D eigenvalue weighted by molar-refractivity contribution is 6.30. The Morgan fingerprint density at radius 2 is 1.45 bits per heavy atom. The van der Waals surface area contributed by atoms with Gasteiger partial charge in [-0.3, -0.25) is 9.97 Å². The molecule has 1 heterocycles. The third-order valence-electron chi connectivity index (χ3n) is 2.98. The van der Waals surface area contributed by atoms with Gasteiger partial charge in [0.2, 0.25) is 0 Å². The lowest BCUT2D eigenvalue weighted by Crippen LogP contribution is -1.93. The number of anilines is 1. The van der Waals surface area contributed by atoms with Crippen molar-refractivity contribution in [1.82, 2.24) is 9.97 Å². The highest BCUT2D eigenvalue weighted by atomic mass is 35.5. The van der Waals surface area contributed by atoms with Crippen LogP contribution in [0.5, 0.6) is 0 Å². The predicted octanol–water partition coefficient (Wildman–Crippen LogP) is 4.05. The smallest absolute Gasteiger partial charge is 0.0965 e. The molecule has 0 amide bonds. The molecule has 3 rings (SSSR count). The number of nitrogens with two attached hydrogens (primary N) is 1. The van der Waals surface area contributed by atoms with Gasteiger partial charge in [0.25, 0.3) is 0 Å². The molecule has 4 heteroatoms. The zero-order valence-electron chi connectivity index (χ0n) is 10.6. The van der Waals surface area contributed by atoms with Gasteiger partial charge in [-0.05, 0) is 24.3 Å². The highest BCUT2D eigenvalue weighted by Crippen LogP contribution is 2.29. The first-order valence-electron chi connectivity index (χ1n) is 6.17. The second kappa shape index (κ2) is 5.31. The fourth-order valence-electron chi connectivity index (χ4n) is 2.04. The average Bonchev–Trinajstić information content (AvgIpc) is 2.48. The molecule has 0 saturated carbocycles. The van der Waals surface area contributed by atoms with Crippen LogP contribution in [0, 0.1) is 0 Å². The van der Waals surface area contributed by atoms with Crippen LogP contribution >= 0.6 is 11.6 Å². The SMILES string of the molecule is Nc1ccc(-c2nccnc2-c2cccc(Cl)c2)cc1. The van der Waals surface area contributed by atoms with Crippen LogP contribution in [-0.4, -0.2) is 9.97 Å². The van der Waals surface area contributed by atoms with Gasteiger partial charge < -0.3 is 5.73 Å². The lowest BCUT2D eigenvalue weighted by atomic mass is 10.0. The number of hydrogen-bond donors (Lipinski definition) is 1. The number of hydrogen-bond acceptors (Lipinski definition) is 3. The zero-order valence-corrected chi connectivity index (χ0v) is 11.4. The summed E-state index contributed by atoms with van der Waals surface area (Å²) in [5.41, 5.74) is 9.98. The van der Waals surface area contributed by atoms with Gasteiger partial charge in [-0.25, -0.2) is 0 Å². The van der Waals surface area contributed by atoms with Crippen molar-refractivity contribution in [2.45, 2.75) is 0 Å². The van der Waals surface area contributed by atoms with Crippen LogP contribution in [-0.2, 0) is 0 Å². The Labute approximate surface area is 122 Å². The molecule has 2 aromatic carbocycles. The lowest BCUT2D eigenvalue weighted by Gasteiger charge is -2.08. The molecule has 0 fully saturated rings. The minimum absolute atomic E-state index is 0.677. The summed E-state index contributed by atoms with van der Waals surface area (Å²) in [5.74, 6) is 0. The fraction of sp³-hybridized carbons (Fsp3) is 0. The van der Waals surface area contributed by atoms with E-state index >= 15 is 0 Å². The summed E-state index contributed by atoms with van der Waals surface area (Å²) in [6.45, 7) is 0. The van der Waals surface area contributed by atoms with E-state index in [1.54, 1.807) is 12.4 Å². The average molecular weight is 282 g/mol. The van der Waals surface area contributed by atoms with Crippen LogP contribution in [0.2, 0.25) is 5.02 Å². The van der Waals surface area contributed by atoms with Gasteiger partial charge >= 0.3 is 0 Å². The van der Waals surface area contributed by atoms with Gasteiger partial charge in [-0.15, -0.1) is 0 Å². The van der Waals surface area contributed by atoms with Crippen molar-refractivity contribution >= 4 is 17.3 Å². The Kier molecular flexibility index (Phi) is 3.35. The summed E-state index contributed by atoms with van der Waals surface area (Å²) in [4.78, 5) is 8.87. The molecule has 0 aliphatic heterocycles. The molecular weight excluding hydrogens is 270 g/mol. The minimum atomic E-state index is 0.677. The van der Waals surface area contributed by atoms with Gasteiger partial charge in [0, 0.05) is 34.2 Å². The summed E-state index contributed by atoms with van der Waals surface area (Å²) < 4.78 is 0. The summed E-state index contributed by atoms with van der Waals surface area (Å²) in [5, 5.41) is 0.677. The first-order valence-corrected chi connectivity index (χ1v) is 6.55. The Balaban J connectivity index is 2.16. The van der Waals surface area contributed by atoms with Crippen molar-refractivity contribution < 1.29 is 0 Å². The third-order valence-corrected chi connectivity index (χ3v) is 3.22. The Morgan fingerprint density at radius 3 is 2.10 bits per heavy atom. The van der Waals surface area contributed by atoms with Crippen molar-refractivity contribution in [3.05, 3.63) is 65.9 Å². The lowest BCUT2D eigenvalue weighted by molar-refractivity contribution is 1.21. The number of nitrogen functional groups attached to an aromatic ring is 1. The third kappa shape index (κ3) is 2.49. The molecule has 20 heavy (non-hydrogen) atoms. The van der Waals surface area contributed by atoms with Gasteiger partial charge in [0.05, 0.1) is 11.4 Å². The highest BCUT2D eigenvalue weighted by Gasteiger charge is 2.10. The molecular formula is C16H12ClN3. The monoisotopic (exact) mass is 281 g/mol. The number of aromatic nitrogens is 2. The number of benzene rings is 2. The van der Waals surface area contributed by atoms with E-state index in [9.17, 15) is 0 Å². The molecule has 0 atom stereocenters. The quantitative estimate of drug-likeness (QED) is 0.721. The van der Waals surface area contributed by atoms with Crippen molar-refractivity contribution in [2.24, 2.45) is 0 Å². The predicted molar refractivity (Wildman–Crippen MR) is 82.3 cm³/mol. The fourth-order valence-corrected chi connectivity index (χ4v) is 2.23. The van der Waals surface area contributed by atoms with Crippen LogP contribution in [0.15, 0.2) is 60.9 Å². The summed E-state index contributed by atoms with van der Waals surface area (Å²) in [6, 6.07) is 15.2.